The number of ether oxygens (including phenoxy) is 1. The molecule has 1 heteroatoms. The first-order valence-electron chi connectivity index (χ1n) is 7.43. The quantitative estimate of drug-likeness (QED) is 0.627. The largest absolute Gasteiger partial charge is 0.378 e. The third kappa shape index (κ3) is 3.23. The van der Waals surface area contributed by atoms with E-state index in [0.29, 0.717) is 11.5 Å². The van der Waals surface area contributed by atoms with Crippen molar-refractivity contribution >= 4 is 0 Å². The Kier molecular flexibility index (Phi) is 4.69. The number of rotatable bonds is 1. The average molecular weight is 224 g/mol. The van der Waals surface area contributed by atoms with Gasteiger partial charge >= 0.3 is 0 Å². The minimum absolute atomic E-state index is 0.491. The molecule has 1 nitrogen and oxygen atoms in total. The van der Waals surface area contributed by atoms with Crippen LogP contribution in [-0.2, 0) is 4.74 Å². The lowest BCUT2D eigenvalue weighted by Gasteiger charge is -2.40. The van der Waals surface area contributed by atoms with Gasteiger partial charge in [0.05, 0.1) is 6.10 Å². The number of hydrogen-bond donors (Lipinski definition) is 0. The molecule has 0 aromatic rings. The summed E-state index contributed by atoms with van der Waals surface area (Å²) in [6, 6.07) is 0. The first-order chi connectivity index (χ1) is 7.81. The molecule has 0 radical (unpaired) electrons. The van der Waals surface area contributed by atoms with Gasteiger partial charge in [-0.15, -0.1) is 0 Å². The maximum atomic E-state index is 6.06. The molecule has 0 amide bonds. The molecule has 1 aliphatic carbocycles. The zero-order valence-electron chi connectivity index (χ0n) is 11.0. The SMILES string of the molecule is CC1(C2CCCCO2)CCCCCCCC1. The van der Waals surface area contributed by atoms with E-state index in [1.165, 1.54) is 70.6 Å². The summed E-state index contributed by atoms with van der Waals surface area (Å²) in [6.07, 6.45) is 16.0. The van der Waals surface area contributed by atoms with Crippen molar-refractivity contribution in [3.05, 3.63) is 0 Å². The minimum atomic E-state index is 0.491. The van der Waals surface area contributed by atoms with Crippen LogP contribution in [0.15, 0.2) is 0 Å². The maximum Gasteiger partial charge on any atom is 0.0628 e. The normalized spacial score (nSPS) is 32.4. The fourth-order valence-corrected chi connectivity index (χ4v) is 3.50. The van der Waals surface area contributed by atoms with Crippen molar-refractivity contribution in [2.24, 2.45) is 5.41 Å². The highest BCUT2D eigenvalue weighted by atomic mass is 16.5. The fourth-order valence-electron chi connectivity index (χ4n) is 3.50. The van der Waals surface area contributed by atoms with E-state index in [1.807, 2.05) is 0 Å². The Morgan fingerprint density at radius 2 is 1.44 bits per heavy atom. The molecule has 2 rings (SSSR count). The van der Waals surface area contributed by atoms with Crippen molar-refractivity contribution in [3.8, 4) is 0 Å². The molecule has 2 aliphatic rings. The van der Waals surface area contributed by atoms with Crippen LogP contribution in [0.3, 0.4) is 0 Å². The van der Waals surface area contributed by atoms with E-state index in [1.54, 1.807) is 0 Å². The van der Waals surface area contributed by atoms with Gasteiger partial charge in [-0.25, -0.2) is 0 Å². The molecule has 1 aliphatic heterocycles. The lowest BCUT2D eigenvalue weighted by molar-refractivity contribution is -0.0697. The van der Waals surface area contributed by atoms with Crippen molar-refractivity contribution in [1.82, 2.24) is 0 Å². The predicted octanol–water partition coefficient (Wildman–Crippen LogP) is 4.70. The molecule has 16 heavy (non-hydrogen) atoms. The molecule has 0 aromatic heterocycles. The molecular weight excluding hydrogens is 196 g/mol. The van der Waals surface area contributed by atoms with Gasteiger partial charge in [0.15, 0.2) is 0 Å². The van der Waals surface area contributed by atoms with Gasteiger partial charge < -0.3 is 4.74 Å². The predicted molar refractivity (Wildman–Crippen MR) is 68.6 cm³/mol. The van der Waals surface area contributed by atoms with Gasteiger partial charge in [-0.1, -0.05) is 45.4 Å². The van der Waals surface area contributed by atoms with E-state index in [-0.39, 0.29) is 0 Å². The molecule has 2 fully saturated rings. The van der Waals surface area contributed by atoms with Gasteiger partial charge in [0.1, 0.15) is 0 Å². The molecular formula is C15H28O. The highest BCUT2D eigenvalue weighted by Gasteiger charge is 2.35. The maximum absolute atomic E-state index is 6.06. The zero-order valence-corrected chi connectivity index (χ0v) is 11.0. The Hall–Kier alpha value is -0.0400. The Morgan fingerprint density at radius 3 is 2.00 bits per heavy atom. The third-order valence-corrected chi connectivity index (χ3v) is 4.70. The standard InChI is InChI=1S/C15H28O/c1-15(14-10-6-9-13-16-14)11-7-4-2-3-5-8-12-15/h14H,2-13H2,1H3. The van der Waals surface area contributed by atoms with E-state index < -0.39 is 0 Å². The van der Waals surface area contributed by atoms with Crippen LogP contribution in [0.4, 0.5) is 0 Å². The summed E-state index contributed by atoms with van der Waals surface area (Å²) in [5.74, 6) is 0. The Bertz CT molecular complexity index is 184. The summed E-state index contributed by atoms with van der Waals surface area (Å²) in [5, 5.41) is 0. The topological polar surface area (TPSA) is 9.23 Å². The average Bonchev–Trinajstić information content (AvgIpc) is 2.43. The van der Waals surface area contributed by atoms with Crippen molar-refractivity contribution in [2.45, 2.75) is 83.7 Å². The summed E-state index contributed by atoms with van der Waals surface area (Å²) >= 11 is 0. The van der Waals surface area contributed by atoms with Crippen LogP contribution in [0, 0.1) is 5.41 Å². The highest BCUT2D eigenvalue weighted by Crippen LogP contribution is 2.40. The monoisotopic (exact) mass is 224 g/mol. The van der Waals surface area contributed by atoms with Crippen LogP contribution < -0.4 is 0 Å². The highest BCUT2D eigenvalue weighted by molar-refractivity contribution is 4.85. The van der Waals surface area contributed by atoms with E-state index in [2.05, 4.69) is 6.92 Å². The van der Waals surface area contributed by atoms with E-state index in [9.17, 15) is 0 Å². The first kappa shape index (κ1) is 12.4. The Morgan fingerprint density at radius 1 is 0.812 bits per heavy atom. The molecule has 0 spiro atoms. The molecule has 1 saturated carbocycles. The molecule has 94 valence electrons. The molecule has 1 unspecified atom stereocenters. The van der Waals surface area contributed by atoms with Crippen LogP contribution >= 0.6 is 0 Å². The van der Waals surface area contributed by atoms with Gasteiger partial charge in [-0.05, 0) is 37.5 Å². The van der Waals surface area contributed by atoms with Crippen molar-refractivity contribution in [2.75, 3.05) is 6.61 Å². The van der Waals surface area contributed by atoms with Gasteiger partial charge in [-0.3, -0.25) is 0 Å². The smallest absolute Gasteiger partial charge is 0.0628 e. The van der Waals surface area contributed by atoms with Crippen molar-refractivity contribution in [1.29, 1.82) is 0 Å². The third-order valence-electron chi connectivity index (χ3n) is 4.70. The van der Waals surface area contributed by atoms with Gasteiger partial charge in [0.25, 0.3) is 0 Å². The summed E-state index contributed by atoms with van der Waals surface area (Å²) in [7, 11) is 0. The van der Waals surface area contributed by atoms with Crippen LogP contribution in [0.2, 0.25) is 0 Å². The van der Waals surface area contributed by atoms with Crippen LogP contribution in [0.5, 0.6) is 0 Å². The molecule has 1 atom stereocenters. The van der Waals surface area contributed by atoms with E-state index >= 15 is 0 Å². The zero-order chi connectivity index (χ0) is 11.3. The lowest BCUT2D eigenvalue weighted by atomic mass is 9.73. The summed E-state index contributed by atoms with van der Waals surface area (Å²) in [5.41, 5.74) is 0.491. The summed E-state index contributed by atoms with van der Waals surface area (Å²) < 4.78 is 6.06. The van der Waals surface area contributed by atoms with Gasteiger partial charge in [0, 0.05) is 6.61 Å². The second-order valence-corrected chi connectivity index (χ2v) is 6.13. The first-order valence-corrected chi connectivity index (χ1v) is 7.43. The van der Waals surface area contributed by atoms with Gasteiger partial charge in [-0.2, -0.15) is 0 Å². The molecule has 0 bridgehead atoms. The van der Waals surface area contributed by atoms with Crippen LogP contribution in [-0.4, -0.2) is 12.7 Å². The van der Waals surface area contributed by atoms with Crippen molar-refractivity contribution in [3.63, 3.8) is 0 Å². The molecule has 1 heterocycles. The van der Waals surface area contributed by atoms with E-state index in [0.717, 1.165) is 6.61 Å². The Labute approximate surface area is 101 Å². The molecule has 0 aromatic carbocycles. The Balaban J connectivity index is 1.94. The van der Waals surface area contributed by atoms with Crippen LogP contribution in [0.25, 0.3) is 0 Å². The van der Waals surface area contributed by atoms with Crippen molar-refractivity contribution < 1.29 is 4.74 Å². The van der Waals surface area contributed by atoms with Gasteiger partial charge in [0.2, 0.25) is 0 Å². The minimum Gasteiger partial charge on any atom is -0.378 e. The second-order valence-electron chi connectivity index (χ2n) is 6.13. The molecule has 1 saturated heterocycles. The molecule has 0 N–H and O–H groups in total. The fraction of sp³-hybridized carbons (Fsp3) is 1.00. The summed E-state index contributed by atoms with van der Waals surface area (Å²) in [6.45, 7) is 3.51. The summed E-state index contributed by atoms with van der Waals surface area (Å²) in [4.78, 5) is 0. The number of hydrogen-bond acceptors (Lipinski definition) is 1. The lowest BCUT2D eigenvalue weighted by Crippen LogP contribution is -2.37. The van der Waals surface area contributed by atoms with Crippen LogP contribution in [0.1, 0.15) is 77.6 Å². The van der Waals surface area contributed by atoms with E-state index in [4.69, 9.17) is 4.74 Å². The second kappa shape index (κ2) is 6.05.